The molecular weight excluding hydrogens is 248 g/mol. The fourth-order valence-corrected chi connectivity index (χ4v) is 1.62. The van der Waals surface area contributed by atoms with E-state index in [4.69, 9.17) is 11.6 Å². The highest BCUT2D eigenvalue weighted by Gasteiger charge is 2.21. The molecule has 0 spiro atoms. The minimum atomic E-state index is -0.922. The Balaban J connectivity index is 2.92. The molecular formula is C12H14ClF2NO. The van der Waals surface area contributed by atoms with Crippen molar-refractivity contribution in [1.82, 2.24) is 4.90 Å². The van der Waals surface area contributed by atoms with E-state index in [2.05, 4.69) is 0 Å². The van der Waals surface area contributed by atoms with Crippen LogP contribution < -0.4 is 0 Å². The molecule has 1 aromatic carbocycles. The fourth-order valence-electron chi connectivity index (χ4n) is 1.47. The molecule has 2 atom stereocenters. The van der Waals surface area contributed by atoms with Crippen LogP contribution in [-0.4, -0.2) is 23.2 Å². The molecule has 0 aliphatic carbocycles. The van der Waals surface area contributed by atoms with Gasteiger partial charge >= 0.3 is 0 Å². The quantitative estimate of drug-likeness (QED) is 0.766. The molecule has 0 fully saturated rings. The lowest BCUT2D eigenvalue weighted by atomic mass is 10.1. The van der Waals surface area contributed by atoms with Gasteiger partial charge in [-0.3, -0.25) is 4.79 Å². The predicted molar refractivity (Wildman–Crippen MR) is 62.9 cm³/mol. The lowest BCUT2D eigenvalue weighted by molar-refractivity contribution is -0.131. The summed E-state index contributed by atoms with van der Waals surface area (Å²) in [5.41, 5.74) is 0.525. The average Bonchev–Trinajstić information content (AvgIpc) is 2.29. The summed E-state index contributed by atoms with van der Waals surface area (Å²) in [5, 5.41) is -0.646. The van der Waals surface area contributed by atoms with Gasteiger partial charge in [0.1, 0.15) is 5.38 Å². The molecule has 17 heavy (non-hydrogen) atoms. The van der Waals surface area contributed by atoms with Crippen LogP contribution in [0.3, 0.4) is 0 Å². The molecule has 0 saturated heterocycles. The molecule has 0 heterocycles. The van der Waals surface area contributed by atoms with Crippen LogP contribution in [-0.2, 0) is 4.79 Å². The lowest BCUT2D eigenvalue weighted by Gasteiger charge is -2.26. The van der Waals surface area contributed by atoms with Crippen molar-refractivity contribution in [1.29, 1.82) is 0 Å². The van der Waals surface area contributed by atoms with Gasteiger partial charge in [-0.1, -0.05) is 6.07 Å². The van der Waals surface area contributed by atoms with Gasteiger partial charge in [0.2, 0.25) is 5.91 Å². The Morgan fingerprint density at radius 1 is 1.29 bits per heavy atom. The monoisotopic (exact) mass is 261 g/mol. The smallest absolute Gasteiger partial charge is 0.240 e. The highest BCUT2D eigenvalue weighted by Crippen LogP contribution is 2.22. The van der Waals surface area contributed by atoms with Gasteiger partial charge in [0.05, 0.1) is 6.04 Å². The summed E-state index contributed by atoms with van der Waals surface area (Å²) in [6.07, 6.45) is 0. The van der Waals surface area contributed by atoms with Crippen LogP contribution in [0.25, 0.3) is 0 Å². The van der Waals surface area contributed by atoms with Crippen molar-refractivity contribution in [3.8, 4) is 0 Å². The number of hydrogen-bond acceptors (Lipinski definition) is 1. The summed E-state index contributed by atoms with van der Waals surface area (Å²) >= 11 is 5.69. The normalized spacial score (nSPS) is 14.2. The number of amides is 1. The second kappa shape index (κ2) is 5.45. The minimum absolute atomic E-state index is 0.260. The standard InChI is InChI=1S/C12H14ClF2NO/c1-7(13)12(17)16(3)8(2)9-4-5-10(14)11(15)6-9/h4-8H,1-3H3. The number of hydrogen-bond donors (Lipinski definition) is 0. The molecule has 0 aliphatic heterocycles. The Morgan fingerprint density at radius 3 is 2.35 bits per heavy atom. The Hall–Kier alpha value is -1.16. The number of carbonyl (C=O) groups is 1. The van der Waals surface area contributed by atoms with Gasteiger partial charge in [0.25, 0.3) is 0 Å². The van der Waals surface area contributed by atoms with Crippen molar-refractivity contribution >= 4 is 17.5 Å². The first-order valence-electron chi connectivity index (χ1n) is 5.20. The van der Waals surface area contributed by atoms with E-state index < -0.39 is 17.0 Å². The average molecular weight is 262 g/mol. The Labute approximate surface area is 104 Å². The molecule has 1 amide bonds. The zero-order valence-corrected chi connectivity index (χ0v) is 10.6. The number of rotatable bonds is 3. The van der Waals surface area contributed by atoms with E-state index in [9.17, 15) is 13.6 Å². The van der Waals surface area contributed by atoms with Crippen molar-refractivity contribution in [3.63, 3.8) is 0 Å². The van der Waals surface area contributed by atoms with Crippen LogP contribution in [0, 0.1) is 11.6 Å². The molecule has 0 bridgehead atoms. The molecule has 0 aromatic heterocycles. The van der Waals surface area contributed by atoms with Crippen LogP contribution in [0.1, 0.15) is 25.5 Å². The summed E-state index contributed by atoms with van der Waals surface area (Å²) in [7, 11) is 1.58. The van der Waals surface area contributed by atoms with Gasteiger partial charge in [0, 0.05) is 7.05 Å². The number of halogens is 3. The van der Waals surface area contributed by atoms with Crippen molar-refractivity contribution in [3.05, 3.63) is 35.4 Å². The molecule has 1 aromatic rings. The summed E-state index contributed by atoms with van der Waals surface area (Å²) in [6.45, 7) is 3.29. The van der Waals surface area contributed by atoms with Crippen LogP contribution in [0.5, 0.6) is 0 Å². The van der Waals surface area contributed by atoms with E-state index in [0.717, 1.165) is 12.1 Å². The van der Waals surface area contributed by atoms with Gasteiger partial charge in [-0.15, -0.1) is 11.6 Å². The van der Waals surface area contributed by atoms with E-state index in [0.29, 0.717) is 5.56 Å². The first-order chi connectivity index (χ1) is 7.84. The SMILES string of the molecule is CC(Cl)C(=O)N(C)C(C)c1ccc(F)c(F)c1. The third-order valence-electron chi connectivity index (χ3n) is 2.69. The minimum Gasteiger partial charge on any atom is -0.338 e. The van der Waals surface area contributed by atoms with Crippen molar-refractivity contribution < 1.29 is 13.6 Å². The summed E-state index contributed by atoms with van der Waals surface area (Å²) in [4.78, 5) is 13.0. The maximum Gasteiger partial charge on any atom is 0.240 e. The second-order valence-corrected chi connectivity index (χ2v) is 4.57. The first-order valence-corrected chi connectivity index (χ1v) is 5.64. The Bertz CT molecular complexity index is 423. The predicted octanol–water partition coefficient (Wildman–Crippen LogP) is 3.11. The van der Waals surface area contributed by atoms with Crippen LogP contribution >= 0.6 is 11.6 Å². The highest BCUT2D eigenvalue weighted by atomic mass is 35.5. The van der Waals surface area contributed by atoms with E-state index in [1.165, 1.54) is 11.0 Å². The third kappa shape index (κ3) is 3.16. The molecule has 1 rings (SSSR count). The first kappa shape index (κ1) is 13.9. The number of benzene rings is 1. The zero-order valence-electron chi connectivity index (χ0n) is 9.88. The van der Waals surface area contributed by atoms with Crippen LogP contribution in [0.4, 0.5) is 8.78 Å². The Morgan fingerprint density at radius 2 is 1.88 bits per heavy atom. The maximum absolute atomic E-state index is 13.1. The lowest BCUT2D eigenvalue weighted by Crippen LogP contribution is -2.34. The maximum atomic E-state index is 13.1. The van der Waals surface area contributed by atoms with Crippen molar-refractivity contribution in [2.75, 3.05) is 7.05 Å². The number of alkyl halides is 1. The summed E-state index contributed by atoms with van der Waals surface area (Å²) in [5.74, 6) is -2.08. The fraction of sp³-hybridized carbons (Fsp3) is 0.417. The van der Waals surface area contributed by atoms with Crippen molar-refractivity contribution in [2.24, 2.45) is 0 Å². The van der Waals surface area contributed by atoms with Gasteiger partial charge in [-0.05, 0) is 31.5 Å². The molecule has 5 heteroatoms. The summed E-state index contributed by atoms with van der Waals surface area (Å²) < 4.78 is 25.8. The molecule has 2 unspecified atom stereocenters. The Kier molecular flexibility index (Phi) is 4.46. The molecule has 0 radical (unpaired) electrons. The molecule has 2 nitrogen and oxygen atoms in total. The van der Waals surface area contributed by atoms with Gasteiger partial charge in [-0.25, -0.2) is 8.78 Å². The van der Waals surface area contributed by atoms with Crippen molar-refractivity contribution in [2.45, 2.75) is 25.3 Å². The molecule has 94 valence electrons. The summed E-state index contributed by atoms with van der Waals surface area (Å²) in [6, 6.07) is 3.22. The van der Waals surface area contributed by atoms with Crippen LogP contribution in [0.2, 0.25) is 0 Å². The van der Waals surface area contributed by atoms with Gasteiger partial charge in [-0.2, -0.15) is 0 Å². The third-order valence-corrected chi connectivity index (χ3v) is 2.88. The molecule has 0 aliphatic rings. The zero-order chi connectivity index (χ0) is 13.2. The largest absolute Gasteiger partial charge is 0.338 e. The van der Waals surface area contributed by atoms with Crippen LogP contribution in [0.15, 0.2) is 18.2 Å². The number of nitrogens with zero attached hydrogens (tertiary/aromatic N) is 1. The van der Waals surface area contributed by atoms with Gasteiger partial charge < -0.3 is 4.90 Å². The number of carbonyl (C=O) groups excluding carboxylic acids is 1. The second-order valence-electron chi connectivity index (χ2n) is 3.91. The van der Waals surface area contributed by atoms with E-state index in [-0.39, 0.29) is 11.9 Å². The highest BCUT2D eigenvalue weighted by molar-refractivity contribution is 6.30. The molecule has 0 saturated carbocycles. The topological polar surface area (TPSA) is 20.3 Å². The van der Waals surface area contributed by atoms with Gasteiger partial charge in [0.15, 0.2) is 11.6 Å². The van der Waals surface area contributed by atoms with E-state index in [1.807, 2.05) is 0 Å². The van der Waals surface area contributed by atoms with E-state index in [1.54, 1.807) is 20.9 Å². The van der Waals surface area contributed by atoms with E-state index >= 15 is 0 Å². The molecule has 0 N–H and O–H groups in total.